The molecule has 442 valence electrons. The summed E-state index contributed by atoms with van der Waals surface area (Å²) in [6, 6.07) is 0. The second-order valence-electron chi connectivity index (χ2n) is 22.4. The summed E-state index contributed by atoms with van der Waals surface area (Å²) < 4.78 is 16.9. The maximum Gasteiger partial charge on any atom is 0.306 e. The van der Waals surface area contributed by atoms with Crippen LogP contribution in [-0.4, -0.2) is 37.2 Å². The normalized spacial score (nSPS) is 12.4. The van der Waals surface area contributed by atoms with Crippen LogP contribution in [0.3, 0.4) is 0 Å². The van der Waals surface area contributed by atoms with Crippen LogP contribution in [0.2, 0.25) is 0 Å². The molecule has 0 aliphatic rings. The van der Waals surface area contributed by atoms with Gasteiger partial charge in [-0.1, -0.05) is 326 Å². The molecule has 0 aromatic carbocycles. The van der Waals surface area contributed by atoms with Gasteiger partial charge in [0.05, 0.1) is 0 Å². The second kappa shape index (κ2) is 64.6. The van der Waals surface area contributed by atoms with E-state index in [0.717, 1.165) is 96.3 Å². The predicted octanol–water partition coefficient (Wildman–Crippen LogP) is 22.7. The lowest BCUT2D eigenvalue weighted by molar-refractivity contribution is -0.167. The molecular formula is C70H126O6. The van der Waals surface area contributed by atoms with Gasteiger partial charge in [-0.05, 0) is 64.2 Å². The molecule has 0 heterocycles. The van der Waals surface area contributed by atoms with Crippen LogP contribution in [0.4, 0.5) is 0 Å². The minimum atomic E-state index is -0.778. The van der Waals surface area contributed by atoms with E-state index < -0.39 is 6.10 Å². The zero-order valence-corrected chi connectivity index (χ0v) is 50.8. The Bertz CT molecular complexity index is 1360. The van der Waals surface area contributed by atoms with E-state index in [1.807, 2.05) is 0 Å². The number of rotatable bonds is 61. The van der Waals surface area contributed by atoms with Gasteiger partial charge in [0.2, 0.25) is 0 Å². The summed E-state index contributed by atoms with van der Waals surface area (Å²) in [5, 5.41) is 0. The Labute approximate surface area is 472 Å². The SMILES string of the molecule is CC/C=C\C/C=C\C/C=C\C/C=C\C/C=C\CCCCCCCCCC(=O)OC(COC(=O)CCCCCCCCCCCCC)COC(=O)CCCCCCCCCCCCCCCCCCCCCCCCCC. The van der Waals surface area contributed by atoms with Gasteiger partial charge in [-0.25, -0.2) is 0 Å². The van der Waals surface area contributed by atoms with Crippen molar-refractivity contribution in [3.05, 3.63) is 60.8 Å². The Morgan fingerprint density at radius 3 is 0.803 bits per heavy atom. The molecule has 1 unspecified atom stereocenters. The molecule has 0 rings (SSSR count). The molecular weight excluding hydrogens is 937 g/mol. The molecule has 0 radical (unpaired) electrons. The summed E-state index contributed by atoms with van der Waals surface area (Å²) in [4.78, 5) is 38.3. The van der Waals surface area contributed by atoms with Crippen LogP contribution in [0, 0.1) is 0 Å². The highest BCUT2D eigenvalue weighted by atomic mass is 16.6. The summed E-state index contributed by atoms with van der Waals surface area (Å²) in [6.07, 6.45) is 82.4. The number of hydrogen-bond donors (Lipinski definition) is 0. The molecule has 0 N–H and O–H groups in total. The number of hydrogen-bond acceptors (Lipinski definition) is 6. The number of unbranched alkanes of at least 4 members (excludes halogenated alkanes) is 40. The molecule has 6 nitrogen and oxygen atoms in total. The highest BCUT2D eigenvalue weighted by molar-refractivity contribution is 5.71. The molecule has 1 atom stereocenters. The molecule has 0 aromatic rings. The van der Waals surface area contributed by atoms with Gasteiger partial charge < -0.3 is 14.2 Å². The minimum absolute atomic E-state index is 0.0741. The molecule has 0 fully saturated rings. The summed E-state index contributed by atoms with van der Waals surface area (Å²) >= 11 is 0. The Balaban J connectivity index is 4.25. The standard InChI is InChI=1S/C70H126O6/c1-4-7-10-13-16-19-22-24-26-28-30-32-34-36-37-39-41-43-45-48-51-54-57-60-63-69(72)75-66-67(65-74-68(71)62-59-56-53-50-47-21-18-15-12-9-6-3)76-70(73)64-61-58-55-52-49-46-44-42-40-38-35-33-31-29-27-25-23-20-17-14-11-8-5-2/h8,11,17,20,25,27,31,33,38,40,67H,4-7,9-10,12-16,18-19,21-24,26,28-30,32,34-37,39,41-66H2,1-3H3/b11-8-,20-17-,27-25-,33-31-,40-38-. The van der Waals surface area contributed by atoms with Gasteiger partial charge in [0.1, 0.15) is 13.2 Å². The third kappa shape index (κ3) is 62.0. The van der Waals surface area contributed by atoms with Gasteiger partial charge in [-0.3, -0.25) is 14.4 Å². The summed E-state index contributed by atoms with van der Waals surface area (Å²) in [6.45, 7) is 6.57. The smallest absolute Gasteiger partial charge is 0.306 e. The van der Waals surface area contributed by atoms with Crippen molar-refractivity contribution in [2.75, 3.05) is 13.2 Å². The number of esters is 3. The van der Waals surface area contributed by atoms with Gasteiger partial charge in [0, 0.05) is 19.3 Å². The summed E-state index contributed by atoms with van der Waals surface area (Å²) in [7, 11) is 0. The lowest BCUT2D eigenvalue weighted by Gasteiger charge is -2.18. The van der Waals surface area contributed by atoms with E-state index in [1.165, 1.54) is 212 Å². The highest BCUT2D eigenvalue weighted by Crippen LogP contribution is 2.18. The fourth-order valence-electron chi connectivity index (χ4n) is 9.83. The Morgan fingerprint density at radius 1 is 0.276 bits per heavy atom. The van der Waals surface area contributed by atoms with E-state index in [0.29, 0.717) is 19.3 Å². The van der Waals surface area contributed by atoms with E-state index in [4.69, 9.17) is 14.2 Å². The van der Waals surface area contributed by atoms with E-state index >= 15 is 0 Å². The first-order valence-corrected chi connectivity index (χ1v) is 33.3. The van der Waals surface area contributed by atoms with Gasteiger partial charge >= 0.3 is 17.9 Å². The average molecular weight is 1060 g/mol. The number of ether oxygens (including phenoxy) is 3. The van der Waals surface area contributed by atoms with Gasteiger partial charge in [0.15, 0.2) is 6.10 Å². The maximum absolute atomic E-state index is 12.9. The largest absolute Gasteiger partial charge is 0.462 e. The first-order chi connectivity index (χ1) is 37.5. The quantitative estimate of drug-likeness (QED) is 0.0261. The predicted molar refractivity (Wildman–Crippen MR) is 330 cm³/mol. The van der Waals surface area contributed by atoms with Crippen LogP contribution in [0.15, 0.2) is 60.8 Å². The summed E-state index contributed by atoms with van der Waals surface area (Å²) in [5.41, 5.74) is 0. The Morgan fingerprint density at radius 2 is 0.513 bits per heavy atom. The van der Waals surface area contributed by atoms with E-state index in [1.54, 1.807) is 0 Å². The molecule has 76 heavy (non-hydrogen) atoms. The van der Waals surface area contributed by atoms with Crippen LogP contribution in [0.5, 0.6) is 0 Å². The number of carbonyl (C=O) groups excluding carboxylic acids is 3. The maximum atomic E-state index is 12.9. The van der Waals surface area contributed by atoms with E-state index in [9.17, 15) is 14.4 Å². The number of allylic oxidation sites excluding steroid dienone is 10. The Hall–Kier alpha value is -2.89. The third-order valence-corrected chi connectivity index (χ3v) is 14.8. The van der Waals surface area contributed by atoms with Crippen LogP contribution in [0.25, 0.3) is 0 Å². The van der Waals surface area contributed by atoms with Gasteiger partial charge in [-0.15, -0.1) is 0 Å². The van der Waals surface area contributed by atoms with Crippen molar-refractivity contribution in [3.8, 4) is 0 Å². The van der Waals surface area contributed by atoms with Crippen molar-refractivity contribution in [1.82, 2.24) is 0 Å². The van der Waals surface area contributed by atoms with Crippen LogP contribution in [0.1, 0.15) is 348 Å². The van der Waals surface area contributed by atoms with Crippen molar-refractivity contribution in [1.29, 1.82) is 0 Å². The van der Waals surface area contributed by atoms with Crippen molar-refractivity contribution in [2.24, 2.45) is 0 Å². The van der Waals surface area contributed by atoms with Crippen molar-refractivity contribution < 1.29 is 28.6 Å². The average Bonchev–Trinajstić information content (AvgIpc) is 3.42. The molecule has 0 saturated carbocycles. The third-order valence-electron chi connectivity index (χ3n) is 14.8. The van der Waals surface area contributed by atoms with Crippen LogP contribution in [-0.2, 0) is 28.6 Å². The fourth-order valence-corrected chi connectivity index (χ4v) is 9.83. The first kappa shape index (κ1) is 73.1. The lowest BCUT2D eigenvalue weighted by Crippen LogP contribution is -2.30. The van der Waals surface area contributed by atoms with Crippen molar-refractivity contribution >= 4 is 17.9 Å². The Kier molecular flexibility index (Phi) is 62.2. The van der Waals surface area contributed by atoms with Crippen molar-refractivity contribution in [3.63, 3.8) is 0 Å². The fraction of sp³-hybridized carbons (Fsp3) is 0.814. The molecule has 0 spiro atoms. The monoisotopic (exact) mass is 1060 g/mol. The van der Waals surface area contributed by atoms with Crippen LogP contribution < -0.4 is 0 Å². The highest BCUT2D eigenvalue weighted by Gasteiger charge is 2.19. The second-order valence-corrected chi connectivity index (χ2v) is 22.4. The molecule has 6 heteroatoms. The minimum Gasteiger partial charge on any atom is -0.462 e. The molecule has 0 saturated heterocycles. The van der Waals surface area contributed by atoms with Gasteiger partial charge in [-0.2, -0.15) is 0 Å². The van der Waals surface area contributed by atoms with E-state index in [-0.39, 0.29) is 31.1 Å². The van der Waals surface area contributed by atoms with E-state index in [2.05, 4.69) is 81.5 Å². The lowest BCUT2D eigenvalue weighted by atomic mass is 10.0. The molecule has 0 bridgehead atoms. The van der Waals surface area contributed by atoms with Crippen molar-refractivity contribution in [2.45, 2.75) is 354 Å². The first-order valence-electron chi connectivity index (χ1n) is 33.3. The van der Waals surface area contributed by atoms with Crippen LogP contribution >= 0.6 is 0 Å². The summed E-state index contributed by atoms with van der Waals surface area (Å²) in [5.74, 6) is -0.865. The van der Waals surface area contributed by atoms with Gasteiger partial charge in [0.25, 0.3) is 0 Å². The molecule has 0 aromatic heterocycles. The molecule has 0 aliphatic heterocycles. The zero-order valence-electron chi connectivity index (χ0n) is 50.8. The molecule has 0 amide bonds. The molecule has 0 aliphatic carbocycles. The number of carbonyl (C=O) groups is 3. The topological polar surface area (TPSA) is 78.9 Å². The zero-order chi connectivity index (χ0) is 55.0.